The molecule has 0 spiro atoms. The van der Waals surface area contributed by atoms with Crippen molar-refractivity contribution in [1.82, 2.24) is 5.32 Å². The van der Waals surface area contributed by atoms with Crippen molar-refractivity contribution in [3.8, 4) is 11.1 Å². The number of carbonyl (C=O) groups excluding carboxylic acids is 1. The first-order valence-corrected chi connectivity index (χ1v) is 8.12. The summed E-state index contributed by atoms with van der Waals surface area (Å²) < 4.78 is 1.95. The van der Waals surface area contributed by atoms with E-state index in [2.05, 4.69) is 23.5 Å². The normalized spacial score (nSPS) is 11.7. The number of hydrogen-bond donors (Lipinski definition) is 1. The van der Waals surface area contributed by atoms with Crippen LogP contribution in [0.4, 0.5) is 0 Å². The van der Waals surface area contributed by atoms with Gasteiger partial charge < -0.3 is 5.32 Å². The molecule has 1 amide bonds. The fourth-order valence-corrected chi connectivity index (χ4v) is 2.60. The van der Waals surface area contributed by atoms with Crippen LogP contribution >= 0.6 is 0 Å². The third-order valence-corrected chi connectivity index (χ3v) is 4.07. The molecule has 120 valence electrons. The van der Waals surface area contributed by atoms with Crippen molar-refractivity contribution in [3.05, 3.63) is 90.8 Å². The standard InChI is InChI=1S/C21H20N2O/c1-17(21(24)22-15-18-9-4-2-5-10-18)23-14-8-13-20(16-23)19-11-6-3-7-12-19/h2-14,16-17H,15H2,1H3/p+1/t17-/m1/s1. The van der Waals surface area contributed by atoms with Gasteiger partial charge in [-0.25, -0.2) is 0 Å². The van der Waals surface area contributed by atoms with Gasteiger partial charge in [-0.2, -0.15) is 4.57 Å². The number of benzene rings is 2. The van der Waals surface area contributed by atoms with E-state index in [1.807, 2.05) is 78.5 Å². The highest BCUT2D eigenvalue weighted by Crippen LogP contribution is 2.16. The minimum Gasteiger partial charge on any atom is -0.346 e. The Morgan fingerprint density at radius 1 is 0.917 bits per heavy atom. The number of nitrogens with zero attached hydrogens (tertiary/aromatic N) is 1. The van der Waals surface area contributed by atoms with E-state index >= 15 is 0 Å². The van der Waals surface area contributed by atoms with Gasteiger partial charge >= 0.3 is 0 Å². The summed E-state index contributed by atoms with van der Waals surface area (Å²) in [6.07, 6.45) is 3.95. The van der Waals surface area contributed by atoms with Gasteiger partial charge in [-0.05, 0) is 17.2 Å². The summed E-state index contributed by atoms with van der Waals surface area (Å²) >= 11 is 0. The molecule has 3 nitrogen and oxygen atoms in total. The molecule has 3 heteroatoms. The zero-order valence-electron chi connectivity index (χ0n) is 13.7. The zero-order valence-corrected chi connectivity index (χ0v) is 13.7. The van der Waals surface area contributed by atoms with E-state index in [1.165, 1.54) is 0 Å². The third-order valence-electron chi connectivity index (χ3n) is 4.07. The SMILES string of the molecule is C[C@H](C(=O)NCc1ccccc1)[n+]1cccc(-c2ccccc2)c1. The molecule has 0 fully saturated rings. The number of hydrogen-bond acceptors (Lipinski definition) is 1. The molecule has 24 heavy (non-hydrogen) atoms. The van der Waals surface area contributed by atoms with E-state index in [0.717, 1.165) is 16.7 Å². The number of nitrogens with one attached hydrogen (secondary N) is 1. The number of rotatable bonds is 5. The first kappa shape index (κ1) is 15.9. The van der Waals surface area contributed by atoms with Gasteiger partial charge in [0.15, 0.2) is 12.4 Å². The van der Waals surface area contributed by atoms with E-state index in [-0.39, 0.29) is 11.9 Å². The number of aromatic nitrogens is 1. The monoisotopic (exact) mass is 317 g/mol. The lowest BCUT2D eigenvalue weighted by Crippen LogP contribution is -2.46. The lowest BCUT2D eigenvalue weighted by molar-refractivity contribution is -0.705. The molecule has 0 saturated heterocycles. The summed E-state index contributed by atoms with van der Waals surface area (Å²) in [5.74, 6) is 0.00839. The molecule has 1 aromatic heterocycles. The van der Waals surface area contributed by atoms with Gasteiger partial charge in [0.1, 0.15) is 0 Å². The Labute approximate surface area is 142 Å². The summed E-state index contributed by atoms with van der Waals surface area (Å²) in [6.45, 7) is 2.46. The highest BCUT2D eigenvalue weighted by molar-refractivity contribution is 5.78. The number of pyridine rings is 1. The summed E-state index contributed by atoms with van der Waals surface area (Å²) in [5.41, 5.74) is 3.34. The van der Waals surface area contributed by atoms with E-state index in [1.54, 1.807) is 0 Å². The van der Waals surface area contributed by atoms with Crippen LogP contribution in [0.15, 0.2) is 85.2 Å². The van der Waals surface area contributed by atoms with Gasteiger partial charge in [-0.15, -0.1) is 0 Å². The lowest BCUT2D eigenvalue weighted by Gasteiger charge is -2.10. The van der Waals surface area contributed by atoms with E-state index in [0.29, 0.717) is 6.54 Å². The molecule has 1 heterocycles. The summed E-state index contributed by atoms with van der Waals surface area (Å²) in [6, 6.07) is 23.9. The van der Waals surface area contributed by atoms with Crippen LogP contribution in [-0.4, -0.2) is 5.91 Å². The molecular formula is C21H21N2O+. The summed E-state index contributed by atoms with van der Waals surface area (Å²) in [4.78, 5) is 12.4. The molecule has 0 saturated carbocycles. The van der Waals surface area contributed by atoms with Crippen LogP contribution in [0, 0.1) is 0 Å². The van der Waals surface area contributed by atoms with E-state index < -0.39 is 0 Å². The molecule has 0 aliphatic rings. The lowest BCUT2D eigenvalue weighted by atomic mass is 10.1. The predicted octanol–water partition coefficient (Wildman–Crippen LogP) is 3.52. The maximum absolute atomic E-state index is 12.4. The maximum atomic E-state index is 12.4. The molecule has 3 rings (SSSR count). The minimum absolute atomic E-state index is 0.00839. The largest absolute Gasteiger partial charge is 0.346 e. The first-order chi connectivity index (χ1) is 11.7. The smallest absolute Gasteiger partial charge is 0.289 e. The summed E-state index contributed by atoms with van der Waals surface area (Å²) in [5, 5.41) is 3.00. The quantitative estimate of drug-likeness (QED) is 0.718. The van der Waals surface area contributed by atoms with Gasteiger partial charge in [-0.1, -0.05) is 60.7 Å². The van der Waals surface area contributed by atoms with Crippen LogP contribution in [0.5, 0.6) is 0 Å². The van der Waals surface area contributed by atoms with Crippen molar-refractivity contribution in [3.63, 3.8) is 0 Å². The number of amides is 1. The maximum Gasteiger partial charge on any atom is 0.289 e. The van der Waals surface area contributed by atoms with Crippen molar-refractivity contribution in [1.29, 1.82) is 0 Å². The third kappa shape index (κ3) is 3.87. The van der Waals surface area contributed by atoms with Crippen LogP contribution in [0.3, 0.4) is 0 Å². The van der Waals surface area contributed by atoms with Crippen LogP contribution in [0.25, 0.3) is 11.1 Å². The summed E-state index contributed by atoms with van der Waals surface area (Å²) in [7, 11) is 0. The second-order valence-electron chi connectivity index (χ2n) is 5.79. The molecule has 1 atom stereocenters. The highest BCUT2D eigenvalue weighted by Gasteiger charge is 2.21. The second kappa shape index (κ2) is 7.55. The Bertz CT molecular complexity index is 800. The van der Waals surface area contributed by atoms with Crippen LogP contribution in [0.1, 0.15) is 18.5 Å². The van der Waals surface area contributed by atoms with Crippen molar-refractivity contribution < 1.29 is 9.36 Å². The van der Waals surface area contributed by atoms with Crippen LogP contribution in [0.2, 0.25) is 0 Å². The fraction of sp³-hybridized carbons (Fsp3) is 0.143. The second-order valence-corrected chi connectivity index (χ2v) is 5.79. The Hall–Kier alpha value is -2.94. The Kier molecular flexibility index (Phi) is 5.02. The Morgan fingerprint density at radius 2 is 1.54 bits per heavy atom. The van der Waals surface area contributed by atoms with Gasteiger partial charge in [0.2, 0.25) is 6.04 Å². The van der Waals surface area contributed by atoms with Gasteiger partial charge in [0, 0.05) is 25.1 Å². The fourth-order valence-electron chi connectivity index (χ4n) is 2.60. The Balaban J connectivity index is 1.70. The average Bonchev–Trinajstić information content (AvgIpc) is 2.67. The molecule has 1 N–H and O–H groups in total. The first-order valence-electron chi connectivity index (χ1n) is 8.12. The molecule has 0 aliphatic heterocycles. The molecule has 2 aromatic carbocycles. The molecule has 0 unspecified atom stereocenters. The molecule has 0 radical (unpaired) electrons. The average molecular weight is 317 g/mol. The van der Waals surface area contributed by atoms with Crippen LogP contribution in [-0.2, 0) is 11.3 Å². The molecule has 3 aromatic rings. The van der Waals surface area contributed by atoms with Crippen molar-refractivity contribution >= 4 is 5.91 Å². The molecule has 0 aliphatic carbocycles. The van der Waals surface area contributed by atoms with E-state index in [9.17, 15) is 4.79 Å². The number of carbonyl (C=O) groups is 1. The van der Waals surface area contributed by atoms with Gasteiger partial charge in [0.25, 0.3) is 5.91 Å². The predicted molar refractivity (Wildman–Crippen MR) is 95.1 cm³/mol. The van der Waals surface area contributed by atoms with Crippen molar-refractivity contribution in [2.24, 2.45) is 0 Å². The topological polar surface area (TPSA) is 33.0 Å². The molecule has 0 bridgehead atoms. The van der Waals surface area contributed by atoms with Crippen molar-refractivity contribution in [2.45, 2.75) is 19.5 Å². The van der Waals surface area contributed by atoms with Gasteiger partial charge in [-0.3, -0.25) is 4.79 Å². The van der Waals surface area contributed by atoms with Crippen molar-refractivity contribution in [2.75, 3.05) is 0 Å². The van der Waals surface area contributed by atoms with Gasteiger partial charge in [0.05, 0.1) is 0 Å². The molecular weight excluding hydrogens is 296 g/mol. The van der Waals surface area contributed by atoms with E-state index in [4.69, 9.17) is 0 Å². The Morgan fingerprint density at radius 3 is 2.25 bits per heavy atom. The minimum atomic E-state index is -0.266. The van der Waals surface area contributed by atoms with Crippen LogP contribution < -0.4 is 9.88 Å². The highest BCUT2D eigenvalue weighted by atomic mass is 16.2. The zero-order chi connectivity index (χ0) is 16.8.